The highest BCUT2D eigenvalue weighted by molar-refractivity contribution is 6.31. The summed E-state index contributed by atoms with van der Waals surface area (Å²) in [6.07, 6.45) is 3.15. The van der Waals surface area contributed by atoms with Crippen molar-refractivity contribution in [2.75, 3.05) is 6.54 Å². The molecule has 0 spiro atoms. The van der Waals surface area contributed by atoms with Crippen LogP contribution in [0, 0.1) is 0 Å². The van der Waals surface area contributed by atoms with Crippen LogP contribution >= 0.6 is 11.6 Å². The molecule has 1 amide bonds. The van der Waals surface area contributed by atoms with Crippen LogP contribution in [0.4, 0.5) is 13.2 Å². The molecule has 3 aromatic rings. The first-order valence-electron chi connectivity index (χ1n) is 10.3. The number of allylic oxidation sites excluding steroid dienone is 4. The van der Waals surface area contributed by atoms with Gasteiger partial charge in [0.1, 0.15) is 6.26 Å². The molecule has 1 unspecified atom stereocenters. The van der Waals surface area contributed by atoms with Crippen LogP contribution in [0.2, 0.25) is 0 Å². The van der Waals surface area contributed by atoms with E-state index >= 15 is 0 Å². The smallest absolute Gasteiger partial charge is 0.448 e. The van der Waals surface area contributed by atoms with Gasteiger partial charge < -0.3 is 14.3 Å². The van der Waals surface area contributed by atoms with Crippen LogP contribution < -0.4 is 5.32 Å². The minimum Gasteiger partial charge on any atom is -0.448 e. The zero-order valence-corrected chi connectivity index (χ0v) is 18.9. The highest BCUT2D eigenvalue weighted by atomic mass is 35.5. The Bertz CT molecular complexity index is 1260. The second-order valence-electron chi connectivity index (χ2n) is 8.43. The van der Waals surface area contributed by atoms with Gasteiger partial charge in [0.05, 0.1) is 11.6 Å². The van der Waals surface area contributed by atoms with Crippen LogP contribution in [0.3, 0.4) is 0 Å². The number of carbonyl (C=O) groups excluding carboxylic acids is 1. The highest BCUT2D eigenvalue weighted by Gasteiger charge is 2.38. The van der Waals surface area contributed by atoms with E-state index in [1.54, 1.807) is 18.4 Å². The Balaban J connectivity index is 1.42. The number of carbonyl (C=O) groups is 1. The molecule has 0 saturated carbocycles. The fourth-order valence-corrected chi connectivity index (χ4v) is 3.46. The fourth-order valence-electron chi connectivity index (χ4n) is 3.30. The maximum atomic E-state index is 12.7. The summed E-state index contributed by atoms with van der Waals surface area (Å²) in [5.74, 6) is -1.56. The number of alkyl halides is 3. The fraction of sp³-hybridized carbons (Fsp3) is 0.304. The topological polar surface area (TPSA) is 94.1 Å². The summed E-state index contributed by atoms with van der Waals surface area (Å²) >= 11 is 5.96. The standard InChI is InChI=1S/C23H20ClF3N4O3/c1-22(2,17-11-33-20(29-17)13-6-8-16(24)9-7-13)12-28-19(32)15-5-3-4-14(10-15)18-30-21(34-31-18)23(25,26)27/h3-6,8-11,13H,7,12H2,1-2H3,(H,28,32). The van der Waals surface area contributed by atoms with Crippen molar-refractivity contribution in [3.8, 4) is 11.4 Å². The number of nitrogens with one attached hydrogen (secondary N) is 1. The van der Waals surface area contributed by atoms with Crippen molar-refractivity contribution in [2.45, 2.75) is 37.8 Å². The molecule has 7 nitrogen and oxygen atoms in total. The van der Waals surface area contributed by atoms with Crippen molar-refractivity contribution in [1.82, 2.24) is 20.4 Å². The average molecular weight is 493 g/mol. The number of rotatable bonds is 6. The summed E-state index contributed by atoms with van der Waals surface area (Å²) in [4.78, 5) is 20.7. The third-order valence-electron chi connectivity index (χ3n) is 5.33. The van der Waals surface area contributed by atoms with E-state index in [4.69, 9.17) is 16.0 Å². The number of hydrogen-bond acceptors (Lipinski definition) is 6. The molecule has 0 aliphatic heterocycles. The first-order valence-corrected chi connectivity index (χ1v) is 10.7. The predicted molar refractivity (Wildman–Crippen MR) is 117 cm³/mol. The van der Waals surface area contributed by atoms with Gasteiger partial charge in [0.15, 0.2) is 0 Å². The van der Waals surface area contributed by atoms with Gasteiger partial charge in [0.25, 0.3) is 5.91 Å². The van der Waals surface area contributed by atoms with E-state index in [2.05, 4.69) is 25.0 Å². The van der Waals surface area contributed by atoms with Gasteiger partial charge in [-0.3, -0.25) is 4.79 Å². The van der Waals surface area contributed by atoms with Gasteiger partial charge in [-0.1, -0.05) is 54.9 Å². The van der Waals surface area contributed by atoms with Crippen LogP contribution in [-0.4, -0.2) is 27.6 Å². The molecule has 11 heteroatoms. The molecule has 0 fully saturated rings. The monoisotopic (exact) mass is 492 g/mol. The van der Waals surface area contributed by atoms with Gasteiger partial charge >= 0.3 is 12.1 Å². The molecule has 2 aromatic heterocycles. The summed E-state index contributed by atoms with van der Waals surface area (Å²) < 4.78 is 48.1. The first kappa shape index (κ1) is 23.7. The molecule has 34 heavy (non-hydrogen) atoms. The molecule has 4 rings (SSSR count). The molecule has 1 aliphatic rings. The number of oxazole rings is 1. The van der Waals surface area contributed by atoms with Crippen molar-refractivity contribution < 1.29 is 26.9 Å². The van der Waals surface area contributed by atoms with Crippen LogP contribution in [0.5, 0.6) is 0 Å². The Morgan fingerprint density at radius 3 is 2.74 bits per heavy atom. The molecule has 0 radical (unpaired) electrons. The van der Waals surface area contributed by atoms with E-state index in [1.807, 2.05) is 26.0 Å². The SMILES string of the molecule is CC(C)(CNC(=O)c1cccc(-c2noc(C(F)(F)F)n2)c1)c1coc(C2C=CC(Cl)=CC2)n1. The molecule has 2 heterocycles. The van der Waals surface area contributed by atoms with Crippen molar-refractivity contribution >= 4 is 17.5 Å². The zero-order valence-electron chi connectivity index (χ0n) is 18.2. The van der Waals surface area contributed by atoms with E-state index in [0.29, 0.717) is 23.0 Å². The highest BCUT2D eigenvalue weighted by Crippen LogP contribution is 2.31. The number of amides is 1. The van der Waals surface area contributed by atoms with Gasteiger partial charge in [-0.2, -0.15) is 18.2 Å². The molecule has 0 bridgehead atoms. The van der Waals surface area contributed by atoms with E-state index in [0.717, 1.165) is 0 Å². The molecule has 1 atom stereocenters. The van der Waals surface area contributed by atoms with Crippen molar-refractivity contribution in [3.63, 3.8) is 0 Å². The van der Waals surface area contributed by atoms with Gasteiger partial charge in [0.2, 0.25) is 11.7 Å². The summed E-state index contributed by atoms with van der Waals surface area (Å²) in [5, 5.41) is 6.86. The lowest BCUT2D eigenvalue weighted by atomic mass is 9.89. The normalized spacial score (nSPS) is 16.4. The minimum absolute atomic E-state index is 0.00705. The maximum absolute atomic E-state index is 12.7. The Hall–Kier alpha value is -3.40. The third-order valence-corrected chi connectivity index (χ3v) is 5.61. The van der Waals surface area contributed by atoms with Gasteiger partial charge in [-0.25, -0.2) is 4.98 Å². The van der Waals surface area contributed by atoms with Gasteiger partial charge in [-0.05, 0) is 24.6 Å². The van der Waals surface area contributed by atoms with Gasteiger partial charge in [0, 0.05) is 28.1 Å². The molecule has 178 valence electrons. The van der Waals surface area contributed by atoms with E-state index in [9.17, 15) is 18.0 Å². The van der Waals surface area contributed by atoms with E-state index in [-0.39, 0.29) is 29.4 Å². The predicted octanol–water partition coefficient (Wildman–Crippen LogP) is 5.62. The summed E-state index contributed by atoms with van der Waals surface area (Å²) in [7, 11) is 0. The second-order valence-corrected chi connectivity index (χ2v) is 8.87. The lowest BCUT2D eigenvalue weighted by Gasteiger charge is -2.22. The van der Waals surface area contributed by atoms with Crippen LogP contribution in [0.15, 0.2) is 62.7 Å². The summed E-state index contributed by atoms with van der Waals surface area (Å²) in [5.41, 5.74) is 0.596. The molecule has 1 aromatic carbocycles. The number of halogens is 4. The van der Waals surface area contributed by atoms with Crippen molar-refractivity contribution in [2.24, 2.45) is 0 Å². The Labute approximate surface area is 197 Å². The number of nitrogens with zero attached hydrogens (tertiary/aromatic N) is 3. The molecule has 1 N–H and O–H groups in total. The van der Waals surface area contributed by atoms with Crippen LogP contribution in [0.1, 0.15) is 54.0 Å². The maximum Gasteiger partial charge on any atom is 0.471 e. The van der Waals surface area contributed by atoms with Crippen LogP contribution in [0.25, 0.3) is 11.4 Å². The quantitative estimate of drug-likeness (QED) is 0.480. The average Bonchev–Trinajstić information content (AvgIpc) is 3.49. The van der Waals surface area contributed by atoms with E-state index < -0.39 is 23.4 Å². The molecular formula is C23H20ClF3N4O3. The Morgan fingerprint density at radius 1 is 1.26 bits per heavy atom. The number of benzene rings is 1. The molecular weight excluding hydrogens is 473 g/mol. The van der Waals surface area contributed by atoms with Crippen LogP contribution in [-0.2, 0) is 11.6 Å². The third kappa shape index (κ3) is 5.22. The number of aromatic nitrogens is 3. The molecule has 1 aliphatic carbocycles. The minimum atomic E-state index is -4.75. The lowest BCUT2D eigenvalue weighted by molar-refractivity contribution is -0.159. The van der Waals surface area contributed by atoms with Crippen molar-refractivity contribution in [3.05, 3.63) is 76.8 Å². The Kier molecular flexibility index (Phi) is 6.35. The molecule has 0 saturated heterocycles. The summed E-state index contributed by atoms with van der Waals surface area (Å²) in [6, 6.07) is 5.96. The summed E-state index contributed by atoms with van der Waals surface area (Å²) in [6.45, 7) is 4.07. The van der Waals surface area contributed by atoms with Gasteiger partial charge in [-0.15, -0.1) is 0 Å². The first-order chi connectivity index (χ1) is 16.0. The van der Waals surface area contributed by atoms with E-state index in [1.165, 1.54) is 18.2 Å². The second kappa shape index (κ2) is 9.09. The largest absolute Gasteiger partial charge is 0.471 e. The Morgan fingerprint density at radius 2 is 2.06 bits per heavy atom. The number of hydrogen-bond donors (Lipinski definition) is 1. The lowest BCUT2D eigenvalue weighted by Crippen LogP contribution is -2.37. The van der Waals surface area contributed by atoms with Crippen molar-refractivity contribution in [1.29, 1.82) is 0 Å². The zero-order chi connectivity index (χ0) is 24.5.